The second kappa shape index (κ2) is 8.53. The predicted molar refractivity (Wildman–Crippen MR) is 64.2 cm³/mol. The number of aliphatic hydroxyl groups is 1. The van der Waals surface area contributed by atoms with Crippen molar-refractivity contribution in [3.8, 4) is 0 Å². The van der Waals surface area contributed by atoms with Crippen LogP contribution in [0.15, 0.2) is 0 Å². The Morgan fingerprint density at radius 1 is 1.38 bits per heavy atom. The molecule has 0 aliphatic rings. The van der Waals surface area contributed by atoms with Crippen LogP contribution >= 0.6 is 0 Å². The van der Waals surface area contributed by atoms with E-state index in [0.717, 1.165) is 13.0 Å². The number of carbonyl (C=O) groups is 1. The zero-order valence-corrected chi connectivity index (χ0v) is 10.9. The third-order valence-electron chi connectivity index (χ3n) is 2.53. The number of nitrogens with zero attached hydrogens (tertiary/aromatic N) is 1. The molecule has 0 heterocycles. The molecule has 0 aromatic heterocycles. The number of aliphatic hydroxyl groups excluding tert-OH is 1. The van der Waals surface area contributed by atoms with Crippen molar-refractivity contribution in [2.75, 3.05) is 26.3 Å². The first-order valence-electron chi connectivity index (χ1n) is 6.04. The van der Waals surface area contributed by atoms with Gasteiger partial charge in [0.2, 0.25) is 0 Å². The van der Waals surface area contributed by atoms with Gasteiger partial charge in [-0.1, -0.05) is 6.92 Å². The lowest BCUT2D eigenvalue weighted by atomic mass is 10.1. The zero-order valence-electron chi connectivity index (χ0n) is 10.9. The van der Waals surface area contributed by atoms with Crippen LogP contribution < -0.4 is 0 Å². The van der Waals surface area contributed by atoms with E-state index in [9.17, 15) is 4.79 Å². The Morgan fingerprint density at radius 2 is 2.00 bits per heavy atom. The second-order valence-corrected chi connectivity index (χ2v) is 4.32. The highest BCUT2D eigenvalue weighted by Gasteiger charge is 2.19. The molecule has 4 nitrogen and oxygen atoms in total. The maximum Gasteiger partial charge on any atom is 0.309 e. The fourth-order valence-electron chi connectivity index (χ4n) is 1.54. The van der Waals surface area contributed by atoms with Gasteiger partial charge in [-0.15, -0.1) is 0 Å². The number of carbonyl (C=O) groups excluding carboxylic acids is 1. The van der Waals surface area contributed by atoms with Gasteiger partial charge in [-0.2, -0.15) is 0 Å². The molecule has 16 heavy (non-hydrogen) atoms. The number of hydrogen-bond donors (Lipinski definition) is 1. The summed E-state index contributed by atoms with van der Waals surface area (Å²) in [5, 5.41) is 8.81. The topological polar surface area (TPSA) is 49.8 Å². The van der Waals surface area contributed by atoms with Crippen LogP contribution in [0.5, 0.6) is 0 Å². The normalized spacial score (nSPS) is 13.2. The molecule has 1 N–H and O–H groups in total. The largest absolute Gasteiger partial charge is 0.466 e. The Kier molecular flexibility index (Phi) is 8.21. The van der Waals surface area contributed by atoms with E-state index in [0.29, 0.717) is 19.2 Å². The maximum atomic E-state index is 11.5. The minimum Gasteiger partial charge on any atom is -0.466 e. The van der Waals surface area contributed by atoms with Crippen LogP contribution in [-0.2, 0) is 9.53 Å². The summed E-state index contributed by atoms with van der Waals surface area (Å²) in [5.41, 5.74) is 0. The standard InChI is InChI=1S/C12H25NO3/c1-5-16-12(15)11(4)9-13(10(2)3)7-6-8-14/h10-11,14H,5-9H2,1-4H3. The van der Waals surface area contributed by atoms with Gasteiger partial charge in [-0.25, -0.2) is 0 Å². The molecule has 0 radical (unpaired) electrons. The number of esters is 1. The highest BCUT2D eigenvalue weighted by atomic mass is 16.5. The van der Waals surface area contributed by atoms with Gasteiger partial charge >= 0.3 is 5.97 Å². The van der Waals surface area contributed by atoms with Gasteiger partial charge in [0.25, 0.3) is 0 Å². The van der Waals surface area contributed by atoms with E-state index in [1.54, 1.807) is 0 Å². The Labute approximate surface area is 98.6 Å². The molecule has 96 valence electrons. The highest BCUT2D eigenvalue weighted by Crippen LogP contribution is 2.07. The van der Waals surface area contributed by atoms with Crippen LogP contribution in [0.3, 0.4) is 0 Å². The van der Waals surface area contributed by atoms with Crippen molar-refractivity contribution in [1.29, 1.82) is 0 Å². The van der Waals surface area contributed by atoms with E-state index >= 15 is 0 Å². The molecule has 0 aliphatic heterocycles. The lowest BCUT2D eigenvalue weighted by Crippen LogP contribution is -2.38. The Hall–Kier alpha value is -0.610. The van der Waals surface area contributed by atoms with Crippen LogP contribution in [0.4, 0.5) is 0 Å². The minimum atomic E-state index is -0.142. The van der Waals surface area contributed by atoms with E-state index in [4.69, 9.17) is 9.84 Å². The van der Waals surface area contributed by atoms with Gasteiger partial charge in [0, 0.05) is 25.7 Å². The van der Waals surface area contributed by atoms with Crippen LogP contribution in [0.1, 0.15) is 34.1 Å². The average molecular weight is 231 g/mol. The van der Waals surface area contributed by atoms with Crippen molar-refractivity contribution in [1.82, 2.24) is 4.90 Å². The molecule has 1 unspecified atom stereocenters. The van der Waals surface area contributed by atoms with E-state index in [2.05, 4.69) is 18.7 Å². The fraction of sp³-hybridized carbons (Fsp3) is 0.917. The third kappa shape index (κ3) is 6.08. The van der Waals surface area contributed by atoms with Gasteiger partial charge in [0.05, 0.1) is 12.5 Å². The summed E-state index contributed by atoms with van der Waals surface area (Å²) in [6, 6.07) is 0.378. The van der Waals surface area contributed by atoms with Crippen molar-refractivity contribution in [2.24, 2.45) is 5.92 Å². The van der Waals surface area contributed by atoms with E-state index in [1.807, 2.05) is 13.8 Å². The molecule has 0 saturated heterocycles. The van der Waals surface area contributed by atoms with E-state index < -0.39 is 0 Å². The predicted octanol–water partition coefficient (Wildman–Crippen LogP) is 1.28. The van der Waals surface area contributed by atoms with Crippen molar-refractivity contribution in [3.63, 3.8) is 0 Å². The maximum absolute atomic E-state index is 11.5. The van der Waals surface area contributed by atoms with Crippen LogP contribution in [0.2, 0.25) is 0 Å². The molecule has 0 aliphatic carbocycles. The summed E-state index contributed by atoms with van der Waals surface area (Å²) in [7, 11) is 0. The van der Waals surface area contributed by atoms with E-state index in [-0.39, 0.29) is 18.5 Å². The SMILES string of the molecule is CCOC(=O)C(C)CN(CCCO)C(C)C. The molecule has 0 fully saturated rings. The zero-order chi connectivity index (χ0) is 12.6. The fourth-order valence-corrected chi connectivity index (χ4v) is 1.54. The van der Waals surface area contributed by atoms with Crippen molar-refractivity contribution < 1.29 is 14.6 Å². The molecule has 0 aromatic rings. The molecule has 0 rings (SSSR count). The van der Waals surface area contributed by atoms with Crippen molar-refractivity contribution in [2.45, 2.75) is 40.2 Å². The van der Waals surface area contributed by atoms with E-state index in [1.165, 1.54) is 0 Å². The van der Waals surface area contributed by atoms with Gasteiger partial charge in [0.15, 0.2) is 0 Å². The molecular formula is C12H25NO3. The second-order valence-electron chi connectivity index (χ2n) is 4.32. The summed E-state index contributed by atoms with van der Waals surface area (Å²) < 4.78 is 4.97. The van der Waals surface area contributed by atoms with Gasteiger partial charge in [0.1, 0.15) is 0 Å². The summed E-state index contributed by atoms with van der Waals surface area (Å²) in [6.07, 6.45) is 0.744. The first-order valence-corrected chi connectivity index (χ1v) is 6.04. The average Bonchev–Trinajstić information content (AvgIpc) is 2.23. The smallest absolute Gasteiger partial charge is 0.309 e. The molecule has 4 heteroatoms. The minimum absolute atomic E-state index is 0.110. The highest BCUT2D eigenvalue weighted by molar-refractivity contribution is 5.72. The molecule has 0 spiro atoms. The Balaban J connectivity index is 4.11. The van der Waals surface area contributed by atoms with Crippen molar-refractivity contribution >= 4 is 5.97 Å². The van der Waals surface area contributed by atoms with Gasteiger partial charge in [-0.05, 0) is 27.2 Å². The summed E-state index contributed by atoms with van der Waals surface area (Å²) in [5.74, 6) is -0.252. The number of rotatable bonds is 8. The summed E-state index contributed by atoms with van der Waals surface area (Å²) in [4.78, 5) is 13.7. The van der Waals surface area contributed by atoms with Gasteiger partial charge in [-0.3, -0.25) is 4.79 Å². The molecule has 0 saturated carbocycles. The molecular weight excluding hydrogens is 206 g/mol. The third-order valence-corrected chi connectivity index (χ3v) is 2.53. The van der Waals surface area contributed by atoms with Crippen LogP contribution in [-0.4, -0.2) is 48.3 Å². The first kappa shape index (κ1) is 15.4. The molecule has 0 bridgehead atoms. The lowest BCUT2D eigenvalue weighted by molar-refractivity contribution is -0.148. The summed E-state index contributed by atoms with van der Waals surface area (Å²) >= 11 is 0. The number of ether oxygens (including phenoxy) is 1. The van der Waals surface area contributed by atoms with Crippen molar-refractivity contribution in [3.05, 3.63) is 0 Å². The van der Waals surface area contributed by atoms with Crippen LogP contribution in [0.25, 0.3) is 0 Å². The monoisotopic (exact) mass is 231 g/mol. The quantitative estimate of drug-likeness (QED) is 0.639. The summed E-state index contributed by atoms with van der Waals surface area (Å²) in [6.45, 7) is 10.0. The Bertz CT molecular complexity index is 195. The first-order chi connectivity index (χ1) is 7.52. The molecule has 1 atom stereocenters. The number of hydrogen-bond acceptors (Lipinski definition) is 4. The molecule has 0 amide bonds. The Morgan fingerprint density at radius 3 is 2.44 bits per heavy atom. The lowest BCUT2D eigenvalue weighted by Gasteiger charge is -2.28. The van der Waals surface area contributed by atoms with Crippen LogP contribution in [0, 0.1) is 5.92 Å². The van der Waals surface area contributed by atoms with Gasteiger partial charge < -0.3 is 14.7 Å². The molecule has 0 aromatic carbocycles.